The van der Waals surface area contributed by atoms with Crippen LogP contribution in [0.15, 0.2) is 36.7 Å². The van der Waals surface area contributed by atoms with Crippen LogP contribution >= 0.6 is 0 Å². The number of nitrogens with zero attached hydrogens (tertiary/aromatic N) is 2. The van der Waals surface area contributed by atoms with Crippen LogP contribution < -0.4 is 9.47 Å². The minimum atomic E-state index is -0.409. The molecule has 2 heterocycles. The lowest BCUT2D eigenvalue weighted by molar-refractivity contribution is -0.246. The Balaban J connectivity index is 1.43. The van der Waals surface area contributed by atoms with Gasteiger partial charge in [-0.1, -0.05) is 13.0 Å². The van der Waals surface area contributed by atoms with Crippen LogP contribution in [-0.2, 0) is 16.6 Å². The van der Waals surface area contributed by atoms with Crippen LogP contribution in [0.1, 0.15) is 28.4 Å². The second-order valence-corrected chi connectivity index (χ2v) is 8.74. The quantitative estimate of drug-likeness (QED) is 0.727. The highest BCUT2D eigenvalue weighted by Gasteiger charge is 2.78. The van der Waals surface area contributed by atoms with Gasteiger partial charge in [0.25, 0.3) is 0 Å². The fraction of sp³-hybridized carbons (Fsp3) is 0.478. The van der Waals surface area contributed by atoms with Crippen molar-refractivity contribution in [1.29, 1.82) is 0 Å². The number of pyridine rings is 1. The highest BCUT2D eigenvalue weighted by atomic mass is 16.5. The van der Waals surface area contributed by atoms with E-state index in [0.29, 0.717) is 29.9 Å². The maximum Gasteiger partial charge on any atom is 0.339 e. The first-order valence-corrected chi connectivity index (χ1v) is 9.98. The second kappa shape index (κ2) is 6.20. The normalized spacial score (nSPS) is 31.6. The molecule has 1 aromatic heterocycles. The van der Waals surface area contributed by atoms with Crippen LogP contribution in [0.2, 0.25) is 0 Å². The standard InChI is InChI=1S/C23H26N2O4/c1-22-18-8-16(27-3)6-5-14(18)9-23(22)13-25(2)20(23)19(22)12-29-17-7-15(10-24-11-17)21(26)28-4/h5-8,10-11,19-20H,9,12-13H2,1-4H3/t19-,20+,22+,23?/m1/s1. The summed E-state index contributed by atoms with van der Waals surface area (Å²) in [5.74, 6) is 1.46. The van der Waals surface area contributed by atoms with Crippen molar-refractivity contribution in [3.8, 4) is 11.5 Å². The fourth-order valence-electron chi connectivity index (χ4n) is 6.34. The van der Waals surface area contributed by atoms with Crippen molar-refractivity contribution in [1.82, 2.24) is 9.88 Å². The molecule has 4 atom stereocenters. The van der Waals surface area contributed by atoms with Gasteiger partial charge in [0.2, 0.25) is 0 Å². The third kappa shape index (κ3) is 2.26. The topological polar surface area (TPSA) is 60.9 Å². The van der Waals surface area contributed by atoms with E-state index in [9.17, 15) is 4.79 Å². The summed E-state index contributed by atoms with van der Waals surface area (Å²) in [4.78, 5) is 18.4. The zero-order valence-corrected chi connectivity index (χ0v) is 17.3. The summed E-state index contributed by atoms with van der Waals surface area (Å²) < 4.78 is 16.5. The Kier molecular flexibility index (Phi) is 3.94. The van der Waals surface area contributed by atoms with Crippen LogP contribution in [0.25, 0.3) is 0 Å². The van der Waals surface area contributed by atoms with Crippen molar-refractivity contribution in [3.63, 3.8) is 0 Å². The molecule has 2 fully saturated rings. The fourth-order valence-corrected chi connectivity index (χ4v) is 6.34. The first kappa shape index (κ1) is 18.4. The molecule has 1 saturated heterocycles. The Morgan fingerprint density at radius 2 is 2.07 bits per heavy atom. The molecule has 0 N–H and O–H groups in total. The Bertz CT molecular complexity index is 993. The van der Waals surface area contributed by atoms with Gasteiger partial charge in [-0.15, -0.1) is 0 Å². The molecule has 0 bridgehead atoms. The molecule has 0 radical (unpaired) electrons. The summed E-state index contributed by atoms with van der Waals surface area (Å²) in [5, 5.41) is 0. The number of aromatic nitrogens is 1. The number of likely N-dealkylation sites (tertiary alicyclic amines) is 1. The summed E-state index contributed by atoms with van der Waals surface area (Å²) in [6, 6.07) is 8.71. The van der Waals surface area contributed by atoms with E-state index in [4.69, 9.17) is 14.2 Å². The highest BCUT2D eigenvalue weighted by molar-refractivity contribution is 5.89. The average Bonchev–Trinajstić information content (AvgIpc) is 2.97. The number of fused-ring (bicyclic) bond motifs is 2. The van der Waals surface area contributed by atoms with Gasteiger partial charge in [0, 0.05) is 35.5 Å². The Morgan fingerprint density at radius 1 is 1.24 bits per heavy atom. The molecule has 1 aromatic carbocycles. The number of carbonyl (C=O) groups is 1. The van der Waals surface area contributed by atoms with Gasteiger partial charge in [-0.2, -0.15) is 0 Å². The molecule has 152 valence electrons. The van der Waals surface area contributed by atoms with Gasteiger partial charge in [-0.05, 0) is 42.8 Å². The minimum absolute atomic E-state index is 0.0570. The number of esters is 1. The molecule has 29 heavy (non-hydrogen) atoms. The van der Waals surface area contributed by atoms with Crippen LogP contribution in [0, 0.1) is 11.3 Å². The molecule has 6 nitrogen and oxygen atoms in total. The molecule has 2 aliphatic carbocycles. The van der Waals surface area contributed by atoms with Crippen molar-refractivity contribution in [2.24, 2.45) is 11.3 Å². The lowest BCUT2D eigenvalue weighted by Crippen LogP contribution is -2.84. The summed E-state index contributed by atoms with van der Waals surface area (Å²) in [6.07, 6.45) is 4.26. The molecule has 1 spiro atoms. The molecule has 3 aliphatic rings. The number of carbonyl (C=O) groups excluding carboxylic acids is 1. The van der Waals surface area contributed by atoms with Gasteiger partial charge < -0.3 is 19.1 Å². The molecule has 2 aromatic rings. The van der Waals surface area contributed by atoms with Crippen LogP contribution in [0.4, 0.5) is 0 Å². The van der Waals surface area contributed by atoms with Crippen molar-refractivity contribution in [2.75, 3.05) is 34.4 Å². The predicted molar refractivity (Wildman–Crippen MR) is 107 cm³/mol. The second-order valence-electron chi connectivity index (χ2n) is 8.74. The third-order valence-corrected chi connectivity index (χ3v) is 7.68. The van der Waals surface area contributed by atoms with E-state index in [-0.39, 0.29) is 10.8 Å². The Hall–Kier alpha value is -2.60. The molecule has 1 aliphatic heterocycles. The zero-order chi connectivity index (χ0) is 20.4. The number of hydrogen-bond donors (Lipinski definition) is 0. The lowest BCUT2D eigenvalue weighted by atomic mass is 9.37. The molecule has 6 heteroatoms. The average molecular weight is 394 g/mol. The SMILES string of the molecule is COC(=O)c1cncc(OC[C@@H]2[C@@H]3N(C)CC34Cc3ccc(OC)cc3[C@@]24C)c1. The van der Waals surface area contributed by atoms with Crippen molar-refractivity contribution < 1.29 is 19.0 Å². The van der Waals surface area contributed by atoms with Gasteiger partial charge in [0.05, 0.1) is 32.6 Å². The van der Waals surface area contributed by atoms with Gasteiger partial charge in [-0.25, -0.2) is 4.79 Å². The lowest BCUT2D eigenvalue weighted by Gasteiger charge is -2.76. The minimum Gasteiger partial charge on any atom is -0.497 e. The number of benzene rings is 1. The number of methoxy groups -OCH3 is 2. The van der Waals surface area contributed by atoms with Gasteiger partial charge in [-0.3, -0.25) is 4.98 Å². The van der Waals surface area contributed by atoms with Gasteiger partial charge in [0.15, 0.2) is 0 Å². The highest BCUT2D eigenvalue weighted by Crippen LogP contribution is 2.73. The molecular weight excluding hydrogens is 368 g/mol. The van der Waals surface area contributed by atoms with E-state index in [2.05, 4.69) is 42.1 Å². The number of ether oxygens (including phenoxy) is 3. The first-order chi connectivity index (χ1) is 13.9. The van der Waals surface area contributed by atoms with Crippen LogP contribution in [0.5, 0.6) is 11.5 Å². The molecule has 5 rings (SSSR count). The van der Waals surface area contributed by atoms with E-state index >= 15 is 0 Å². The number of rotatable bonds is 5. The number of hydrogen-bond acceptors (Lipinski definition) is 6. The van der Waals surface area contributed by atoms with E-state index < -0.39 is 5.97 Å². The first-order valence-electron chi connectivity index (χ1n) is 9.98. The molecule has 0 amide bonds. The summed E-state index contributed by atoms with van der Waals surface area (Å²) >= 11 is 0. The van der Waals surface area contributed by atoms with E-state index in [1.165, 1.54) is 24.4 Å². The molecule has 1 saturated carbocycles. The Morgan fingerprint density at radius 3 is 2.79 bits per heavy atom. The van der Waals surface area contributed by atoms with Crippen molar-refractivity contribution in [3.05, 3.63) is 53.3 Å². The smallest absolute Gasteiger partial charge is 0.339 e. The van der Waals surface area contributed by atoms with E-state index in [1.807, 2.05) is 0 Å². The zero-order valence-electron chi connectivity index (χ0n) is 17.3. The predicted octanol–water partition coefficient (Wildman–Crippen LogP) is 2.70. The van der Waals surface area contributed by atoms with Crippen LogP contribution in [-0.4, -0.2) is 56.3 Å². The molecular formula is C23H26N2O4. The van der Waals surface area contributed by atoms with Crippen LogP contribution in [0.3, 0.4) is 0 Å². The Labute approximate surface area is 170 Å². The summed E-state index contributed by atoms with van der Waals surface area (Å²) in [7, 11) is 5.28. The van der Waals surface area contributed by atoms with Crippen molar-refractivity contribution >= 4 is 5.97 Å². The molecule has 1 unspecified atom stereocenters. The van der Waals surface area contributed by atoms with Gasteiger partial charge in [0.1, 0.15) is 11.5 Å². The van der Waals surface area contributed by atoms with Crippen molar-refractivity contribution in [2.45, 2.75) is 24.8 Å². The summed E-state index contributed by atoms with van der Waals surface area (Å²) in [5.41, 5.74) is 3.58. The largest absolute Gasteiger partial charge is 0.497 e. The van der Waals surface area contributed by atoms with Gasteiger partial charge >= 0.3 is 5.97 Å². The summed E-state index contributed by atoms with van der Waals surface area (Å²) in [6.45, 7) is 4.08. The third-order valence-electron chi connectivity index (χ3n) is 7.68. The number of piperidine rings is 1. The van der Waals surface area contributed by atoms with E-state index in [1.54, 1.807) is 19.4 Å². The maximum absolute atomic E-state index is 11.8. The monoisotopic (exact) mass is 394 g/mol. The maximum atomic E-state index is 11.8. The van der Waals surface area contributed by atoms with E-state index in [0.717, 1.165) is 18.7 Å².